The van der Waals surface area contributed by atoms with Crippen LogP contribution in [-0.4, -0.2) is 9.30 Å². The second-order valence-corrected chi connectivity index (χ2v) is 3.64. The summed E-state index contributed by atoms with van der Waals surface area (Å²) >= 11 is 5.14. The Balaban J connectivity index is 2.06. The van der Waals surface area contributed by atoms with Crippen LogP contribution in [0.1, 0.15) is 5.56 Å². The highest BCUT2D eigenvalue weighted by molar-refractivity contribution is 7.71. The summed E-state index contributed by atoms with van der Waals surface area (Å²) in [5.41, 5.74) is 1.13. The van der Waals surface area contributed by atoms with Gasteiger partial charge in [-0.2, -0.15) is 4.73 Å². The Morgan fingerprint density at radius 2 is 1.93 bits per heavy atom. The zero-order chi connectivity index (χ0) is 10.7. The average molecular weight is 220 g/mol. The molecule has 0 saturated carbocycles. The van der Waals surface area contributed by atoms with E-state index in [4.69, 9.17) is 17.1 Å². The Bertz CT molecular complexity index is 487. The van der Waals surface area contributed by atoms with Gasteiger partial charge in [-0.3, -0.25) is 0 Å². The Labute approximate surface area is 93.5 Å². The fourth-order valence-electron chi connectivity index (χ4n) is 1.26. The van der Waals surface area contributed by atoms with Crippen molar-refractivity contribution in [1.82, 2.24) is 9.30 Å². The van der Waals surface area contributed by atoms with Crippen LogP contribution >= 0.6 is 12.2 Å². The van der Waals surface area contributed by atoms with Gasteiger partial charge in [0.15, 0.2) is 0 Å². The number of aromatic nitrogens is 2. The molecular formula is C11H12N2OS. The van der Waals surface area contributed by atoms with Crippen LogP contribution < -0.4 is 4.84 Å². The molecule has 3 nitrogen and oxygen atoms in total. The molecule has 0 bridgehead atoms. The van der Waals surface area contributed by atoms with Gasteiger partial charge in [0.1, 0.15) is 6.61 Å². The number of nitrogens with zero attached hydrogens (tertiary/aromatic N) is 2. The minimum absolute atomic E-state index is 0.527. The van der Waals surface area contributed by atoms with Crippen LogP contribution in [0.4, 0.5) is 0 Å². The number of imidazole rings is 1. The molecule has 0 aliphatic heterocycles. The number of rotatable bonds is 3. The average Bonchev–Trinajstić information content (AvgIpc) is 2.59. The van der Waals surface area contributed by atoms with Crippen LogP contribution in [0.15, 0.2) is 42.7 Å². The third kappa shape index (κ3) is 2.27. The van der Waals surface area contributed by atoms with Crippen LogP contribution in [0.5, 0.6) is 0 Å². The summed E-state index contributed by atoms with van der Waals surface area (Å²) < 4.78 is 4.09. The Hall–Kier alpha value is -1.55. The molecule has 2 aromatic rings. The van der Waals surface area contributed by atoms with Gasteiger partial charge in [-0.1, -0.05) is 30.3 Å². The SMILES string of the molecule is Cn1ccn(OCc2ccccc2)c1=S. The van der Waals surface area contributed by atoms with E-state index in [9.17, 15) is 0 Å². The maximum absolute atomic E-state index is 5.54. The highest BCUT2D eigenvalue weighted by Crippen LogP contribution is 2.00. The lowest BCUT2D eigenvalue weighted by Crippen LogP contribution is -2.10. The van der Waals surface area contributed by atoms with Crippen molar-refractivity contribution in [2.75, 3.05) is 0 Å². The first-order chi connectivity index (χ1) is 7.27. The van der Waals surface area contributed by atoms with Gasteiger partial charge in [-0.15, -0.1) is 0 Å². The Kier molecular flexibility index (Phi) is 2.87. The van der Waals surface area contributed by atoms with Crippen molar-refractivity contribution in [2.24, 2.45) is 7.05 Å². The van der Waals surface area contributed by atoms with Crippen LogP contribution in [0.3, 0.4) is 0 Å². The predicted molar refractivity (Wildman–Crippen MR) is 61.0 cm³/mol. The minimum atomic E-state index is 0.527. The molecule has 0 aliphatic rings. The zero-order valence-electron chi connectivity index (χ0n) is 8.46. The molecule has 78 valence electrons. The first-order valence-corrected chi connectivity index (χ1v) is 5.09. The van der Waals surface area contributed by atoms with Crippen LogP contribution in [0, 0.1) is 4.77 Å². The van der Waals surface area contributed by atoms with Gasteiger partial charge < -0.3 is 9.40 Å². The normalized spacial score (nSPS) is 10.2. The van der Waals surface area contributed by atoms with E-state index in [2.05, 4.69) is 0 Å². The minimum Gasteiger partial charge on any atom is -0.407 e. The van der Waals surface area contributed by atoms with Crippen molar-refractivity contribution in [3.8, 4) is 0 Å². The number of benzene rings is 1. The summed E-state index contributed by atoms with van der Waals surface area (Å²) in [5, 5.41) is 0. The van der Waals surface area contributed by atoms with Crippen molar-refractivity contribution in [2.45, 2.75) is 6.61 Å². The first-order valence-electron chi connectivity index (χ1n) is 4.68. The van der Waals surface area contributed by atoms with E-state index in [0.717, 1.165) is 5.56 Å². The fraction of sp³-hybridized carbons (Fsp3) is 0.182. The maximum atomic E-state index is 5.54. The second kappa shape index (κ2) is 4.31. The molecule has 1 heterocycles. The maximum Gasteiger partial charge on any atom is 0.213 e. The molecule has 2 rings (SSSR count). The fourth-order valence-corrected chi connectivity index (χ4v) is 1.43. The molecular weight excluding hydrogens is 208 g/mol. The molecule has 0 atom stereocenters. The summed E-state index contributed by atoms with van der Waals surface area (Å²) in [4.78, 5) is 5.54. The molecule has 4 heteroatoms. The van der Waals surface area contributed by atoms with E-state index < -0.39 is 0 Å². The Morgan fingerprint density at radius 3 is 2.53 bits per heavy atom. The third-order valence-electron chi connectivity index (χ3n) is 2.13. The van der Waals surface area contributed by atoms with E-state index in [1.807, 2.05) is 54.3 Å². The number of hydrogen-bond acceptors (Lipinski definition) is 2. The lowest BCUT2D eigenvalue weighted by Gasteiger charge is -2.05. The number of hydrogen-bond donors (Lipinski definition) is 0. The topological polar surface area (TPSA) is 19.1 Å². The second-order valence-electron chi connectivity index (χ2n) is 3.28. The largest absolute Gasteiger partial charge is 0.407 e. The predicted octanol–water partition coefficient (Wildman–Crippen LogP) is 2.18. The number of aryl methyl sites for hydroxylation is 1. The van der Waals surface area contributed by atoms with Gasteiger partial charge in [-0.25, -0.2) is 0 Å². The standard InChI is InChI=1S/C11H12N2OS/c1-12-7-8-13(11(12)15)14-9-10-5-3-2-4-6-10/h2-8H,9H2,1H3. The molecule has 0 spiro atoms. The van der Waals surface area contributed by atoms with Crippen LogP contribution in [0.2, 0.25) is 0 Å². The molecule has 0 N–H and O–H groups in total. The highest BCUT2D eigenvalue weighted by atomic mass is 32.1. The first kappa shape index (κ1) is 9.98. The van der Waals surface area contributed by atoms with E-state index in [0.29, 0.717) is 11.4 Å². The molecule has 0 aliphatic carbocycles. The van der Waals surface area contributed by atoms with Gasteiger partial charge in [0.05, 0.1) is 6.20 Å². The van der Waals surface area contributed by atoms with Crippen LogP contribution in [0.25, 0.3) is 0 Å². The summed E-state index contributed by atoms with van der Waals surface area (Å²) in [7, 11) is 1.89. The molecule has 0 amide bonds. The molecule has 1 aromatic carbocycles. The molecule has 0 unspecified atom stereocenters. The third-order valence-corrected chi connectivity index (χ3v) is 2.60. The molecule has 0 radical (unpaired) electrons. The van der Waals surface area contributed by atoms with Gasteiger partial charge in [0.2, 0.25) is 4.77 Å². The van der Waals surface area contributed by atoms with E-state index in [1.54, 1.807) is 4.73 Å². The van der Waals surface area contributed by atoms with Crippen molar-refractivity contribution in [3.05, 3.63) is 53.1 Å². The molecule has 15 heavy (non-hydrogen) atoms. The quantitative estimate of drug-likeness (QED) is 0.738. The van der Waals surface area contributed by atoms with Gasteiger partial charge >= 0.3 is 0 Å². The summed E-state index contributed by atoms with van der Waals surface area (Å²) in [6.07, 6.45) is 3.68. The van der Waals surface area contributed by atoms with Crippen molar-refractivity contribution < 1.29 is 4.84 Å². The van der Waals surface area contributed by atoms with E-state index in [-0.39, 0.29) is 0 Å². The molecule has 0 saturated heterocycles. The summed E-state index contributed by atoms with van der Waals surface area (Å²) in [6.45, 7) is 0.527. The van der Waals surface area contributed by atoms with Gasteiger partial charge in [0, 0.05) is 13.2 Å². The van der Waals surface area contributed by atoms with Gasteiger partial charge in [-0.05, 0) is 17.8 Å². The molecule has 1 aromatic heterocycles. The highest BCUT2D eigenvalue weighted by Gasteiger charge is 1.97. The van der Waals surface area contributed by atoms with Crippen molar-refractivity contribution >= 4 is 12.2 Å². The zero-order valence-corrected chi connectivity index (χ0v) is 9.28. The summed E-state index contributed by atoms with van der Waals surface area (Å²) in [6, 6.07) is 10.0. The van der Waals surface area contributed by atoms with Crippen molar-refractivity contribution in [3.63, 3.8) is 0 Å². The smallest absolute Gasteiger partial charge is 0.213 e. The van der Waals surface area contributed by atoms with E-state index in [1.165, 1.54) is 0 Å². The van der Waals surface area contributed by atoms with Crippen LogP contribution in [-0.2, 0) is 13.7 Å². The Morgan fingerprint density at radius 1 is 1.20 bits per heavy atom. The molecule has 0 fully saturated rings. The summed E-state index contributed by atoms with van der Waals surface area (Å²) in [5.74, 6) is 0. The van der Waals surface area contributed by atoms with Crippen molar-refractivity contribution in [1.29, 1.82) is 0 Å². The monoisotopic (exact) mass is 220 g/mol. The lowest BCUT2D eigenvalue weighted by molar-refractivity contribution is 0.0928. The lowest BCUT2D eigenvalue weighted by atomic mass is 10.2. The van der Waals surface area contributed by atoms with Gasteiger partial charge in [0.25, 0.3) is 0 Å². The van der Waals surface area contributed by atoms with E-state index >= 15 is 0 Å².